The van der Waals surface area contributed by atoms with E-state index in [4.69, 9.17) is 0 Å². The summed E-state index contributed by atoms with van der Waals surface area (Å²) in [4.78, 5) is 16.1. The van der Waals surface area contributed by atoms with Crippen molar-refractivity contribution in [2.75, 3.05) is 16.3 Å². The summed E-state index contributed by atoms with van der Waals surface area (Å²) in [5.41, 5.74) is 2.42. The molecule has 1 amide bonds. The van der Waals surface area contributed by atoms with Crippen LogP contribution in [0.15, 0.2) is 29.6 Å². The molecule has 0 radical (unpaired) electrons. The van der Waals surface area contributed by atoms with Crippen LogP contribution in [0.2, 0.25) is 0 Å². The molecule has 0 bridgehead atoms. The van der Waals surface area contributed by atoms with Gasteiger partial charge in [0.1, 0.15) is 0 Å². The van der Waals surface area contributed by atoms with E-state index in [0.717, 1.165) is 35.3 Å². The quantitative estimate of drug-likeness (QED) is 0.845. The zero-order chi connectivity index (χ0) is 16.2. The Balaban J connectivity index is 1.97. The van der Waals surface area contributed by atoms with E-state index in [1.165, 1.54) is 0 Å². The van der Waals surface area contributed by atoms with E-state index in [9.17, 15) is 13.2 Å². The molecule has 0 saturated heterocycles. The van der Waals surface area contributed by atoms with Crippen LogP contribution in [0.25, 0.3) is 0 Å². The van der Waals surface area contributed by atoms with Gasteiger partial charge in [0.25, 0.3) is 0 Å². The van der Waals surface area contributed by atoms with Crippen LogP contribution in [0.4, 0.5) is 10.8 Å². The molecule has 1 aromatic heterocycles. The minimum absolute atomic E-state index is 0.0955. The Morgan fingerprint density at radius 1 is 1.36 bits per heavy atom. The fourth-order valence-electron chi connectivity index (χ4n) is 1.83. The van der Waals surface area contributed by atoms with E-state index in [2.05, 4.69) is 15.0 Å². The number of sulfonamides is 1. The number of amides is 1. The summed E-state index contributed by atoms with van der Waals surface area (Å²) >= 11 is 1.15. The van der Waals surface area contributed by atoms with Crippen LogP contribution in [0.1, 0.15) is 18.2 Å². The van der Waals surface area contributed by atoms with Crippen molar-refractivity contribution >= 4 is 38.1 Å². The number of hydrogen-bond acceptors (Lipinski definition) is 5. The molecule has 0 aliphatic carbocycles. The average molecular weight is 339 g/mol. The normalized spacial score (nSPS) is 11.2. The summed E-state index contributed by atoms with van der Waals surface area (Å²) in [6.45, 7) is 2.05. The topological polar surface area (TPSA) is 88.2 Å². The summed E-state index contributed by atoms with van der Waals surface area (Å²) in [6, 6.07) is 7.65. The number of carbonyl (C=O) groups is 1. The number of anilines is 2. The van der Waals surface area contributed by atoms with Crippen molar-refractivity contribution in [2.45, 2.75) is 19.8 Å². The maximum absolute atomic E-state index is 12.0. The van der Waals surface area contributed by atoms with Gasteiger partial charge in [0.15, 0.2) is 5.13 Å². The molecule has 2 N–H and O–H groups in total. The van der Waals surface area contributed by atoms with Crippen LogP contribution >= 0.6 is 11.3 Å². The monoisotopic (exact) mass is 339 g/mol. The number of benzene rings is 1. The predicted molar refractivity (Wildman–Crippen MR) is 88.7 cm³/mol. The van der Waals surface area contributed by atoms with Crippen LogP contribution in [0, 0.1) is 0 Å². The van der Waals surface area contributed by atoms with Crippen molar-refractivity contribution in [3.05, 3.63) is 40.9 Å². The highest BCUT2D eigenvalue weighted by molar-refractivity contribution is 7.92. The molecular weight excluding hydrogens is 322 g/mol. The van der Waals surface area contributed by atoms with Gasteiger partial charge in [0.2, 0.25) is 15.9 Å². The number of aryl methyl sites for hydroxylation is 1. The first-order valence-electron chi connectivity index (χ1n) is 6.66. The zero-order valence-corrected chi connectivity index (χ0v) is 13.9. The van der Waals surface area contributed by atoms with E-state index < -0.39 is 10.0 Å². The largest absolute Gasteiger partial charge is 0.326 e. The van der Waals surface area contributed by atoms with Crippen LogP contribution in [0.5, 0.6) is 0 Å². The van der Waals surface area contributed by atoms with Gasteiger partial charge in [-0.15, -0.1) is 11.3 Å². The summed E-state index contributed by atoms with van der Waals surface area (Å²) in [5, 5.41) is 4.73. The van der Waals surface area contributed by atoms with Gasteiger partial charge in [-0.1, -0.05) is 19.1 Å². The molecule has 0 spiro atoms. The number of nitrogens with zero attached hydrogens (tertiary/aromatic N) is 1. The maximum atomic E-state index is 12.0. The van der Waals surface area contributed by atoms with Gasteiger partial charge in [-0.2, -0.15) is 0 Å². The fraction of sp³-hybridized carbons (Fsp3) is 0.286. The Morgan fingerprint density at radius 3 is 2.82 bits per heavy atom. The smallest absolute Gasteiger partial charge is 0.231 e. The molecule has 1 heterocycles. The molecule has 0 aliphatic heterocycles. The lowest BCUT2D eigenvalue weighted by Crippen LogP contribution is -2.15. The molecule has 6 nitrogen and oxygen atoms in total. The third-order valence-corrected chi connectivity index (χ3v) is 4.29. The number of thiazole rings is 1. The SMILES string of the molecule is CCc1cccc(NC(=O)Cc2csc(NS(C)(=O)=O)n2)c1. The van der Waals surface area contributed by atoms with Crippen LogP contribution < -0.4 is 10.0 Å². The number of carbonyl (C=O) groups excluding carboxylic acids is 1. The van der Waals surface area contributed by atoms with Crippen molar-refractivity contribution in [1.82, 2.24) is 4.98 Å². The first-order valence-corrected chi connectivity index (χ1v) is 9.44. The van der Waals surface area contributed by atoms with Crippen LogP contribution in [-0.2, 0) is 27.7 Å². The first kappa shape index (κ1) is 16.4. The molecule has 118 valence electrons. The van der Waals surface area contributed by atoms with Crippen molar-refractivity contribution in [3.8, 4) is 0 Å². The maximum Gasteiger partial charge on any atom is 0.231 e. The second-order valence-electron chi connectivity index (χ2n) is 4.80. The van der Waals surface area contributed by atoms with Crippen molar-refractivity contribution in [3.63, 3.8) is 0 Å². The van der Waals surface area contributed by atoms with Crippen molar-refractivity contribution in [1.29, 1.82) is 0 Å². The molecule has 1 aromatic carbocycles. The molecule has 0 aliphatic rings. The van der Waals surface area contributed by atoms with Crippen LogP contribution in [0.3, 0.4) is 0 Å². The Morgan fingerprint density at radius 2 is 2.14 bits per heavy atom. The summed E-state index contributed by atoms with van der Waals surface area (Å²) in [6.07, 6.45) is 2.05. The van der Waals surface area contributed by atoms with Crippen LogP contribution in [-0.4, -0.2) is 25.6 Å². The standard InChI is InChI=1S/C14H17N3O3S2/c1-3-10-5-4-6-11(7-10)15-13(18)8-12-9-21-14(16-12)17-22(2,19)20/h4-7,9H,3,8H2,1-2H3,(H,15,18)(H,16,17). The summed E-state index contributed by atoms with van der Waals surface area (Å²) in [5.74, 6) is -0.190. The minimum atomic E-state index is -3.35. The second kappa shape index (κ2) is 6.89. The highest BCUT2D eigenvalue weighted by Crippen LogP contribution is 2.17. The van der Waals surface area contributed by atoms with Crippen molar-refractivity contribution in [2.24, 2.45) is 0 Å². The van der Waals surface area contributed by atoms with E-state index in [0.29, 0.717) is 5.69 Å². The molecule has 0 atom stereocenters. The highest BCUT2D eigenvalue weighted by atomic mass is 32.2. The molecular formula is C14H17N3O3S2. The van der Waals surface area contributed by atoms with Gasteiger partial charge in [-0.25, -0.2) is 13.4 Å². The molecule has 0 unspecified atom stereocenters. The fourth-order valence-corrected chi connectivity index (χ4v) is 3.40. The molecule has 2 rings (SSSR count). The lowest BCUT2D eigenvalue weighted by atomic mass is 10.1. The Hall–Kier alpha value is -1.93. The van der Waals surface area contributed by atoms with Gasteiger partial charge < -0.3 is 5.32 Å². The second-order valence-corrected chi connectivity index (χ2v) is 7.40. The molecule has 8 heteroatoms. The van der Waals surface area contributed by atoms with Crippen molar-refractivity contribution < 1.29 is 13.2 Å². The zero-order valence-electron chi connectivity index (χ0n) is 12.3. The lowest BCUT2D eigenvalue weighted by Gasteiger charge is -2.05. The summed E-state index contributed by atoms with van der Waals surface area (Å²) in [7, 11) is -3.35. The molecule has 0 fully saturated rings. The number of nitrogens with one attached hydrogen (secondary N) is 2. The molecule has 0 saturated carbocycles. The first-order chi connectivity index (χ1) is 10.4. The van der Waals surface area contributed by atoms with Gasteiger partial charge in [0, 0.05) is 11.1 Å². The van der Waals surface area contributed by atoms with E-state index in [-0.39, 0.29) is 17.5 Å². The highest BCUT2D eigenvalue weighted by Gasteiger charge is 2.10. The number of hydrogen-bond donors (Lipinski definition) is 2. The Bertz CT molecular complexity index is 769. The summed E-state index contributed by atoms with van der Waals surface area (Å²) < 4.78 is 24.5. The van der Waals surface area contributed by atoms with E-state index >= 15 is 0 Å². The van der Waals surface area contributed by atoms with Gasteiger partial charge in [0.05, 0.1) is 18.4 Å². The predicted octanol–water partition coefficient (Wildman–Crippen LogP) is 2.26. The number of rotatable bonds is 6. The average Bonchev–Trinajstić information content (AvgIpc) is 2.83. The van der Waals surface area contributed by atoms with E-state index in [1.54, 1.807) is 5.38 Å². The Labute approximate surface area is 133 Å². The van der Waals surface area contributed by atoms with Gasteiger partial charge in [-0.3, -0.25) is 9.52 Å². The third kappa shape index (κ3) is 5.12. The molecule has 22 heavy (non-hydrogen) atoms. The van der Waals surface area contributed by atoms with Gasteiger partial charge >= 0.3 is 0 Å². The minimum Gasteiger partial charge on any atom is -0.326 e. The third-order valence-electron chi connectivity index (χ3n) is 2.79. The Kier molecular flexibility index (Phi) is 5.15. The van der Waals surface area contributed by atoms with Gasteiger partial charge in [-0.05, 0) is 24.1 Å². The van der Waals surface area contributed by atoms with E-state index in [1.807, 2.05) is 31.2 Å². The molecule has 2 aromatic rings. The lowest BCUT2D eigenvalue weighted by molar-refractivity contribution is -0.115. The number of aromatic nitrogens is 1.